The molecule has 0 bridgehead atoms. The lowest BCUT2D eigenvalue weighted by atomic mass is 10.2. The van der Waals surface area contributed by atoms with E-state index in [1.165, 1.54) is 27.2 Å². The van der Waals surface area contributed by atoms with Crippen LogP contribution in [-0.4, -0.2) is 30.2 Å². The molecule has 23 heavy (non-hydrogen) atoms. The Kier molecular flexibility index (Phi) is 4.02. The number of nitrogens with zero attached hydrogens (tertiary/aromatic N) is 2. The highest BCUT2D eigenvalue weighted by molar-refractivity contribution is 7.98. The molecule has 1 aromatic heterocycles. The lowest BCUT2D eigenvalue weighted by Crippen LogP contribution is -2.43. The van der Waals surface area contributed by atoms with E-state index < -0.39 is 0 Å². The van der Waals surface area contributed by atoms with E-state index in [4.69, 9.17) is 0 Å². The molecule has 4 heteroatoms. The van der Waals surface area contributed by atoms with Gasteiger partial charge in [0.25, 0.3) is 0 Å². The van der Waals surface area contributed by atoms with E-state index >= 15 is 0 Å². The molecule has 0 atom stereocenters. The molecule has 3 aromatic rings. The summed E-state index contributed by atoms with van der Waals surface area (Å²) in [5.74, 6) is 0. The second-order valence-electron chi connectivity index (χ2n) is 5.93. The largest absolute Gasteiger partial charge is 0.368 e. The molecule has 1 aliphatic heterocycles. The van der Waals surface area contributed by atoms with Crippen LogP contribution in [0.4, 0.5) is 5.69 Å². The van der Waals surface area contributed by atoms with Gasteiger partial charge < -0.3 is 10.2 Å². The van der Waals surface area contributed by atoms with Crippen LogP contribution in [0.5, 0.6) is 0 Å². The van der Waals surface area contributed by atoms with Crippen molar-refractivity contribution in [2.24, 2.45) is 0 Å². The number of rotatable bonds is 3. The van der Waals surface area contributed by atoms with Crippen LogP contribution < -0.4 is 10.2 Å². The fraction of sp³-hybridized carbons (Fsp3) is 0.263. The van der Waals surface area contributed by atoms with Crippen LogP contribution in [0, 0.1) is 6.92 Å². The Balaban J connectivity index is 1.76. The van der Waals surface area contributed by atoms with E-state index in [1.54, 1.807) is 11.9 Å². The van der Waals surface area contributed by atoms with Crippen molar-refractivity contribution in [1.82, 2.24) is 9.29 Å². The third-order valence-corrected chi connectivity index (χ3v) is 5.50. The Morgan fingerprint density at radius 2 is 1.74 bits per heavy atom. The monoisotopic (exact) mass is 323 g/mol. The summed E-state index contributed by atoms with van der Waals surface area (Å²) in [6.45, 7) is 6.48. The smallest absolute Gasteiger partial charge is 0.0618 e. The molecule has 4 rings (SSSR count). The summed E-state index contributed by atoms with van der Waals surface area (Å²) in [6, 6.07) is 19.6. The van der Waals surface area contributed by atoms with Crippen LogP contribution in [0.3, 0.4) is 0 Å². The average Bonchev–Trinajstić information content (AvgIpc) is 2.92. The van der Waals surface area contributed by atoms with Crippen molar-refractivity contribution >= 4 is 28.5 Å². The minimum atomic E-state index is 1.06. The first-order valence-electron chi connectivity index (χ1n) is 8.13. The van der Waals surface area contributed by atoms with Gasteiger partial charge in [0, 0.05) is 47.8 Å². The van der Waals surface area contributed by atoms with Gasteiger partial charge >= 0.3 is 0 Å². The first-order chi connectivity index (χ1) is 11.3. The van der Waals surface area contributed by atoms with Crippen LogP contribution in [-0.2, 0) is 0 Å². The van der Waals surface area contributed by atoms with Crippen molar-refractivity contribution in [3.8, 4) is 0 Å². The first kappa shape index (κ1) is 14.7. The molecule has 1 fully saturated rings. The number of hydrogen-bond acceptors (Lipinski definition) is 3. The SMILES string of the molecule is Cc1cc2c(N3CCNCC3)cccc2n1Sc1ccccc1. The second kappa shape index (κ2) is 6.30. The summed E-state index contributed by atoms with van der Waals surface area (Å²) in [5.41, 5.74) is 3.95. The number of aromatic nitrogens is 1. The maximum Gasteiger partial charge on any atom is 0.0618 e. The molecule has 1 aliphatic rings. The zero-order chi connectivity index (χ0) is 15.6. The van der Waals surface area contributed by atoms with Crippen LogP contribution >= 0.6 is 11.9 Å². The molecule has 0 spiro atoms. The fourth-order valence-corrected chi connectivity index (χ4v) is 4.16. The van der Waals surface area contributed by atoms with Gasteiger partial charge in [0.15, 0.2) is 0 Å². The predicted molar refractivity (Wildman–Crippen MR) is 99.5 cm³/mol. The first-order valence-corrected chi connectivity index (χ1v) is 8.90. The number of piperazine rings is 1. The number of aryl methyl sites for hydroxylation is 1. The Hall–Kier alpha value is -1.91. The van der Waals surface area contributed by atoms with Crippen molar-refractivity contribution in [3.05, 3.63) is 60.3 Å². The quantitative estimate of drug-likeness (QED) is 0.789. The highest BCUT2D eigenvalue weighted by Crippen LogP contribution is 2.34. The molecule has 118 valence electrons. The van der Waals surface area contributed by atoms with E-state index in [2.05, 4.69) is 75.7 Å². The van der Waals surface area contributed by atoms with Crippen LogP contribution in [0.25, 0.3) is 10.9 Å². The molecule has 0 amide bonds. The highest BCUT2D eigenvalue weighted by Gasteiger charge is 2.16. The fourth-order valence-electron chi connectivity index (χ4n) is 3.21. The van der Waals surface area contributed by atoms with Gasteiger partial charge in [0.05, 0.1) is 5.52 Å². The molecule has 2 heterocycles. The summed E-state index contributed by atoms with van der Waals surface area (Å²) in [7, 11) is 0. The molecule has 1 N–H and O–H groups in total. The minimum absolute atomic E-state index is 1.06. The standard InChI is InChI=1S/C19H21N3S/c1-15-14-17-18(21-12-10-20-11-13-21)8-5-9-19(17)22(15)23-16-6-3-2-4-7-16/h2-9,14,20H,10-13H2,1H3. The van der Waals surface area contributed by atoms with Crippen molar-refractivity contribution in [2.75, 3.05) is 31.1 Å². The molecule has 2 aromatic carbocycles. The number of hydrogen-bond donors (Lipinski definition) is 1. The van der Waals surface area contributed by atoms with E-state index in [1.807, 2.05) is 0 Å². The lowest BCUT2D eigenvalue weighted by molar-refractivity contribution is 0.590. The third kappa shape index (κ3) is 2.84. The molecule has 0 aliphatic carbocycles. The minimum Gasteiger partial charge on any atom is -0.368 e. The van der Waals surface area contributed by atoms with E-state index in [9.17, 15) is 0 Å². The van der Waals surface area contributed by atoms with Crippen molar-refractivity contribution < 1.29 is 0 Å². The summed E-state index contributed by atoms with van der Waals surface area (Å²) >= 11 is 1.79. The molecular formula is C19H21N3S. The zero-order valence-corrected chi connectivity index (χ0v) is 14.1. The van der Waals surface area contributed by atoms with Gasteiger partial charge in [0.2, 0.25) is 0 Å². The predicted octanol–water partition coefficient (Wildman–Crippen LogP) is 3.91. The molecule has 3 nitrogen and oxygen atoms in total. The Labute approximate surface area is 141 Å². The highest BCUT2D eigenvalue weighted by atomic mass is 32.2. The van der Waals surface area contributed by atoms with Gasteiger partial charge in [-0.25, -0.2) is 0 Å². The third-order valence-electron chi connectivity index (χ3n) is 4.35. The number of benzene rings is 2. The van der Waals surface area contributed by atoms with Crippen molar-refractivity contribution in [1.29, 1.82) is 0 Å². The Morgan fingerprint density at radius 3 is 2.52 bits per heavy atom. The lowest BCUT2D eigenvalue weighted by Gasteiger charge is -2.30. The van der Waals surface area contributed by atoms with E-state index in [0.29, 0.717) is 0 Å². The molecule has 0 radical (unpaired) electrons. The maximum absolute atomic E-state index is 3.43. The van der Waals surface area contributed by atoms with E-state index in [0.717, 1.165) is 26.2 Å². The molecular weight excluding hydrogens is 302 g/mol. The molecule has 1 saturated heterocycles. The Morgan fingerprint density at radius 1 is 0.957 bits per heavy atom. The van der Waals surface area contributed by atoms with Crippen LogP contribution in [0.2, 0.25) is 0 Å². The van der Waals surface area contributed by atoms with Gasteiger partial charge in [0.1, 0.15) is 0 Å². The van der Waals surface area contributed by atoms with Gasteiger partial charge in [-0.3, -0.25) is 3.97 Å². The Bertz CT molecular complexity index is 804. The summed E-state index contributed by atoms with van der Waals surface area (Å²) < 4.78 is 2.34. The summed E-state index contributed by atoms with van der Waals surface area (Å²) in [4.78, 5) is 3.76. The van der Waals surface area contributed by atoms with E-state index in [-0.39, 0.29) is 0 Å². The summed E-state index contributed by atoms with van der Waals surface area (Å²) in [5, 5.41) is 4.79. The van der Waals surface area contributed by atoms with Gasteiger partial charge in [-0.15, -0.1) is 0 Å². The molecule has 0 unspecified atom stereocenters. The average molecular weight is 323 g/mol. The zero-order valence-electron chi connectivity index (χ0n) is 13.3. The molecule has 0 saturated carbocycles. The maximum atomic E-state index is 3.43. The van der Waals surface area contributed by atoms with Crippen LogP contribution in [0.1, 0.15) is 5.69 Å². The normalized spacial score (nSPS) is 15.3. The van der Waals surface area contributed by atoms with Crippen molar-refractivity contribution in [2.45, 2.75) is 11.8 Å². The number of nitrogens with one attached hydrogen (secondary N) is 1. The summed E-state index contributed by atoms with van der Waals surface area (Å²) in [6.07, 6.45) is 0. The van der Waals surface area contributed by atoms with Gasteiger partial charge in [-0.05, 0) is 49.2 Å². The van der Waals surface area contributed by atoms with Crippen molar-refractivity contribution in [3.63, 3.8) is 0 Å². The number of fused-ring (bicyclic) bond motifs is 1. The van der Waals surface area contributed by atoms with Gasteiger partial charge in [-0.1, -0.05) is 24.3 Å². The topological polar surface area (TPSA) is 20.2 Å². The van der Waals surface area contributed by atoms with Gasteiger partial charge in [-0.2, -0.15) is 0 Å². The van der Waals surface area contributed by atoms with Crippen LogP contribution in [0.15, 0.2) is 59.5 Å². The second-order valence-corrected chi connectivity index (χ2v) is 6.95. The number of anilines is 1.